The molecule has 9 heteroatoms. The smallest absolute Gasteiger partial charge is 0.412 e. The quantitative estimate of drug-likeness (QED) is 0.0826. The Morgan fingerprint density at radius 1 is 0.647 bits per heavy atom. The molecule has 0 saturated heterocycles. The molecule has 0 aromatic rings. The van der Waals surface area contributed by atoms with Gasteiger partial charge in [0.15, 0.2) is 6.66 Å². The van der Waals surface area contributed by atoms with Crippen LogP contribution in [0, 0.1) is 0 Å². The van der Waals surface area contributed by atoms with E-state index in [-0.39, 0.29) is 110 Å². The van der Waals surface area contributed by atoms with Crippen molar-refractivity contribution >= 4 is 13.9 Å². The van der Waals surface area contributed by atoms with E-state index in [1.54, 1.807) is 6.66 Å². The summed E-state index contributed by atoms with van der Waals surface area (Å²) in [6.07, 6.45) is 25.1. The second kappa shape index (κ2) is 40.3. The molecule has 5 nitrogen and oxygen atoms in total. The molecule has 0 aromatic carbocycles. The van der Waals surface area contributed by atoms with E-state index in [1.165, 1.54) is 89.9 Å². The van der Waals surface area contributed by atoms with E-state index in [9.17, 15) is 9.36 Å². The van der Waals surface area contributed by atoms with Gasteiger partial charge in [0, 0.05) is 111 Å². The van der Waals surface area contributed by atoms with E-state index >= 15 is 0 Å². The summed E-state index contributed by atoms with van der Waals surface area (Å²) in [6, 6.07) is 0. The minimum atomic E-state index is -1.46. The number of unbranched alkanes of at least 4 members (excludes halogenated alkanes) is 17. The van der Waals surface area contributed by atoms with Crippen LogP contribution in [0.25, 0.3) is 0 Å². The van der Waals surface area contributed by atoms with Crippen molar-refractivity contribution in [1.82, 2.24) is 5.32 Å². The standard InChI is InChI=1S/C25H50NO3P.H2O.3Y/c1-3-4-5-6-7-8-9-10-11-12-13-14-15-16-19-22-25(27)26-23-20-17-18-21-24-29-30(2)28;;;;/h3-24H2,1-2H3;1H2;;;/p+1. The first-order valence-electron chi connectivity index (χ1n) is 13.0. The average Bonchev–Trinajstić information content (AvgIpc) is 2.72. The van der Waals surface area contributed by atoms with Crippen LogP contribution in [0.1, 0.15) is 135 Å². The van der Waals surface area contributed by atoms with Gasteiger partial charge in [-0.1, -0.05) is 110 Å². The number of amides is 1. The molecule has 3 radical (unpaired) electrons. The summed E-state index contributed by atoms with van der Waals surface area (Å²) in [6.45, 7) is 5.22. The zero-order valence-electron chi connectivity index (χ0n) is 22.5. The molecule has 0 aliphatic heterocycles. The van der Waals surface area contributed by atoms with Crippen molar-refractivity contribution in [1.29, 1.82) is 0 Å². The zero-order chi connectivity index (χ0) is 22.1. The van der Waals surface area contributed by atoms with Crippen LogP contribution in [0.4, 0.5) is 0 Å². The third-order valence-electron chi connectivity index (χ3n) is 5.67. The molecule has 1 amide bonds. The van der Waals surface area contributed by atoms with Crippen molar-refractivity contribution in [2.75, 3.05) is 19.8 Å². The number of nitrogens with one attached hydrogen (secondary N) is 1. The molecule has 0 aliphatic carbocycles. The number of hydrogen-bond acceptors (Lipinski definition) is 3. The first-order chi connectivity index (χ1) is 14.7. The van der Waals surface area contributed by atoms with Crippen molar-refractivity contribution in [3.63, 3.8) is 0 Å². The summed E-state index contributed by atoms with van der Waals surface area (Å²) in [5, 5.41) is 3.02. The predicted octanol–water partition coefficient (Wildman–Crippen LogP) is 7.48. The Kier molecular flexibility index (Phi) is 55.3. The van der Waals surface area contributed by atoms with Gasteiger partial charge in [-0.25, -0.2) is 0 Å². The van der Waals surface area contributed by atoms with Crippen LogP contribution in [0.15, 0.2) is 0 Å². The van der Waals surface area contributed by atoms with Gasteiger partial charge in [0.25, 0.3) is 0 Å². The normalized spacial score (nSPS) is 10.2. The van der Waals surface area contributed by atoms with Crippen molar-refractivity contribution in [3.8, 4) is 0 Å². The minimum Gasteiger partial charge on any atom is -0.412 e. The van der Waals surface area contributed by atoms with Gasteiger partial charge in [0.05, 0.1) is 0 Å². The molecule has 3 N–H and O–H groups in total. The molecule has 0 bridgehead atoms. The first-order valence-corrected chi connectivity index (χ1v) is 14.6. The number of carbonyl (C=O) groups excluding carboxylic acids is 1. The molecule has 1 atom stereocenters. The van der Waals surface area contributed by atoms with Crippen LogP contribution in [0.2, 0.25) is 0 Å². The van der Waals surface area contributed by atoms with Crippen LogP contribution in [0.5, 0.6) is 0 Å². The van der Waals surface area contributed by atoms with E-state index in [4.69, 9.17) is 4.52 Å². The Morgan fingerprint density at radius 3 is 1.47 bits per heavy atom. The maximum atomic E-state index is 11.8. The third kappa shape index (κ3) is 41.9. The van der Waals surface area contributed by atoms with Crippen LogP contribution in [-0.2, 0) is 112 Å². The molecular formula is C25H53NO4PY3+. The van der Waals surface area contributed by atoms with Crippen molar-refractivity contribution < 1.29 is 117 Å². The predicted molar refractivity (Wildman–Crippen MR) is 134 cm³/mol. The second-order valence-electron chi connectivity index (χ2n) is 8.74. The molecule has 0 fully saturated rings. The molecule has 195 valence electrons. The fraction of sp³-hybridized carbons (Fsp3) is 0.960. The summed E-state index contributed by atoms with van der Waals surface area (Å²) >= 11 is 0. The number of hydrogen-bond donors (Lipinski definition) is 1. The Labute approximate surface area is 288 Å². The summed E-state index contributed by atoms with van der Waals surface area (Å²) in [4.78, 5) is 11.8. The average molecular weight is 729 g/mol. The van der Waals surface area contributed by atoms with Gasteiger partial charge in [0.1, 0.15) is 6.61 Å². The fourth-order valence-electron chi connectivity index (χ4n) is 3.75. The number of rotatable bonds is 24. The Hall–Kier alpha value is 2.80. The van der Waals surface area contributed by atoms with E-state index in [0.717, 1.165) is 38.6 Å². The molecule has 0 aliphatic rings. The van der Waals surface area contributed by atoms with E-state index in [1.807, 2.05) is 0 Å². The van der Waals surface area contributed by atoms with Gasteiger partial charge >= 0.3 is 8.03 Å². The Bertz CT molecular complexity index is 408. The van der Waals surface area contributed by atoms with E-state index in [2.05, 4.69) is 12.2 Å². The van der Waals surface area contributed by atoms with Crippen molar-refractivity contribution in [3.05, 3.63) is 0 Å². The molecular weight excluding hydrogens is 676 g/mol. The molecule has 0 spiro atoms. The van der Waals surface area contributed by atoms with Gasteiger partial charge in [-0.3, -0.25) is 4.79 Å². The largest absolute Gasteiger partial charge is 0.504 e. The zero-order valence-corrected chi connectivity index (χ0v) is 31.9. The molecule has 0 saturated carbocycles. The van der Waals surface area contributed by atoms with Crippen molar-refractivity contribution in [2.24, 2.45) is 0 Å². The third-order valence-corrected chi connectivity index (χ3v) is 6.22. The summed E-state index contributed by atoms with van der Waals surface area (Å²) in [5.74, 6) is 0.205. The van der Waals surface area contributed by atoms with Crippen LogP contribution >= 0.6 is 8.03 Å². The maximum absolute atomic E-state index is 11.8. The van der Waals surface area contributed by atoms with E-state index in [0.29, 0.717) is 13.0 Å². The van der Waals surface area contributed by atoms with Crippen LogP contribution in [0.3, 0.4) is 0 Å². The van der Waals surface area contributed by atoms with Crippen LogP contribution in [-0.4, -0.2) is 31.2 Å². The van der Waals surface area contributed by atoms with Crippen LogP contribution < -0.4 is 5.32 Å². The first kappa shape index (κ1) is 46.6. The molecule has 0 rings (SSSR count). The topological polar surface area (TPSA) is 86.9 Å². The maximum Gasteiger partial charge on any atom is 0.504 e. The SMILES string of the molecule is CCCCCCCCCCCCCCCCCC(=O)NCCCCCCO[P+](C)=O.O.[Y].[Y].[Y]. The van der Waals surface area contributed by atoms with E-state index < -0.39 is 8.03 Å². The molecule has 0 heterocycles. The second-order valence-corrected chi connectivity index (χ2v) is 9.87. The van der Waals surface area contributed by atoms with Gasteiger partial charge in [0.2, 0.25) is 5.91 Å². The summed E-state index contributed by atoms with van der Waals surface area (Å²) in [5.41, 5.74) is 0. The Morgan fingerprint density at radius 2 is 1.03 bits per heavy atom. The summed E-state index contributed by atoms with van der Waals surface area (Å²) < 4.78 is 15.8. The van der Waals surface area contributed by atoms with Gasteiger partial charge < -0.3 is 10.8 Å². The summed E-state index contributed by atoms with van der Waals surface area (Å²) in [7, 11) is -1.46. The minimum absolute atomic E-state index is 0. The fourth-order valence-corrected chi connectivity index (χ4v) is 4.13. The molecule has 34 heavy (non-hydrogen) atoms. The molecule has 0 aromatic heterocycles. The van der Waals surface area contributed by atoms with Crippen molar-refractivity contribution in [2.45, 2.75) is 135 Å². The Balaban J connectivity index is -0.000000701. The number of carbonyl (C=O) groups is 1. The molecule has 1 unspecified atom stereocenters. The van der Waals surface area contributed by atoms with Gasteiger partial charge in [-0.05, 0) is 23.8 Å². The van der Waals surface area contributed by atoms with Gasteiger partial charge in [-0.15, -0.1) is 4.52 Å². The monoisotopic (exact) mass is 729 g/mol. The van der Waals surface area contributed by atoms with Gasteiger partial charge in [-0.2, -0.15) is 0 Å².